The average molecular weight is 319 g/mol. The molecule has 0 atom stereocenters. The van der Waals surface area contributed by atoms with Crippen LogP contribution in [0, 0.1) is 13.8 Å². The van der Waals surface area contributed by atoms with Crippen molar-refractivity contribution in [2.45, 2.75) is 25.2 Å². The highest BCUT2D eigenvalue weighted by Crippen LogP contribution is 2.16. The summed E-state index contributed by atoms with van der Waals surface area (Å²) in [7, 11) is 0. The van der Waals surface area contributed by atoms with Crippen molar-refractivity contribution >= 4 is 23.4 Å². The van der Waals surface area contributed by atoms with Crippen LogP contribution in [-0.2, 0) is 4.79 Å². The Hall–Kier alpha value is -1.84. The van der Waals surface area contributed by atoms with Crippen molar-refractivity contribution in [3.63, 3.8) is 0 Å². The van der Waals surface area contributed by atoms with E-state index >= 15 is 0 Å². The fraction of sp³-hybridized carbons (Fsp3) is 0.455. The maximum Gasteiger partial charge on any atom is 0.405 e. The first-order valence-corrected chi connectivity index (χ1v) is 6.90. The van der Waals surface area contributed by atoms with Crippen molar-refractivity contribution in [2.75, 3.05) is 12.3 Å². The molecular formula is C11H12F3N5OS. The van der Waals surface area contributed by atoms with Gasteiger partial charge in [-0.25, -0.2) is 9.50 Å². The first-order chi connectivity index (χ1) is 9.74. The smallest absolute Gasteiger partial charge is 0.346 e. The van der Waals surface area contributed by atoms with Gasteiger partial charge < -0.3 is 5.32 Å². The van der Waals surface area contributed by atoms with Crippen molar-refractivity contribution in [3.05, 3.63) is 17.5 Å². The summed E-state index contributed by atoms with van der Waals surface area (Å²) in [6, 6.07) is 1.83. The molecule has 0 aliphatic carbocycles. The summed E-state index contributed by atoms with van der Waals surface area (Å²) >= 11 is 0.957. The number of carbonyl (C=O) groups excluding carboxylic acids is 1. The maximum atomic E-state index is 11.9. The third kappa shape index (κ3) is 4.31. The second-order valence-electron chi connectivity index (χ2n) is 4.33. The highest BCUT2D eigenvalue weighted by atomic mass is 32.2. The van der Waals surface area contributed by atoms with E-state index in [1.165, 1.54) is 4.52 Å². The first-order valence-electron chi connectivity index (χ1n) is 5.92. The van der Waals surface area contributed by atoms with E-state index in [0.717, 1.165) is 23.1 Å². The Bertz CT molecular complexity index is 670. The molecule has 0 spiro atoms. The number of hydrogen-bond acceptors (Lipinski definition) is 5. The molecule has 0 aliphatic rings. The largest absolute Gasteiger partial charge is 0.405 e. The van der Waals surface area contributed by atoms with Crippen LogP contribution in [0.5, 0.6) is 0 Å². The summed E-state index contributed by atoms with van der Waals surface area (Å²) < 4.78 is 37.3. The number of rotatable bonds is 4. The van der Waals surface area contributed by atoms with Crippen LogP contribution < -0.4 is 5.32 Å². The van der Waals surface area contributed by atoms with E-state index in [2.05, 4.69) is 15.1 Å². The monoisotopic (exact) mass is 319 g/mol. The summed E-state index contributed by atoms with van der Waals surface area (Å²) in [6.45, 7) is 2.31. The molecule has 0 saturated heterocycles. The second-order valence-corrected chi connectivity index (χ2v) is 5.27. The minimum atomic E-state index is -4.42. The number of halogens is 3. The van der Waals surface area contributed by atoms with Crippen LogP contribution in [0.3, 0.4) is 0 Å². The quantitative estimate of drug-likeness (QED) is 0.865. The van der Waals surface area contributed by atoms with E-state index in [1.807, 2.05) is 19.9 Å². The van der Waals surface area contributed by atoms with Crippen molar-refractivity contribution < 1.29 is 18.0 Å². The maximum absolute atomic E-state index is 11.9. The van der Waals surface area contributed by atoms with Crippen LogP contribution in [0.25, 0.3) is 5.78 Å². The molecule has 0 radical (unpaired) electrons. The van der Waals surface area contributed by atoms with Gasteiger partial charge in [-0.1, -0.05) is 11.8 Å². The van der Waals surface area contributed by atoms with Crippen molar-refractivity contribution in [2.24, 2.45) is 0 Å². The Kier molecular flexibility index (Phi) is 4.35. The Labute approximate surface area is 122 Å². The molecule has 2 aromatic rings. The normalized spacial score (nSPS) is 11.9. The molecule has 1 amide bonds. The molecule has 2 rings (SSSR count). The lowest BCUT2D eigenvalue weighted by Crippen LogP contribution is -2.34. The van der Waals surface area contributed by atoms with Gasteiger partial charge in [0, 0.05) is 11.4 Å². The Morgan fingerprint density at radius 2 is 2.10 bits per heavy atom. The molecule has 1 N–H and O–H groups in total. The average Bonchev–Trinajstić information content (AvgIpc) is 2.76. The molecule has 2 aromatic heterocycles. The number of aryl methyl sites for hydroxylation is 2. The SMILES string of the molecule is Cc1cc(C)n2nc(SCC(=O)NCC(F)(F)F)nc2n1. The van der Waals surface area contributed by atoms with Crippen LogP contribution >= 0.6 is 11.8 Å². The van der Waals surface area contributed by atoms with Gasteiger partial charge >= 0.3 is 6.18 Å². The number of nitrogens with zero attached hydrogens (tertiary/aromatic N) is 4. The minimum Gasteiger partial charge on any atom is -0.346 e. The third-order valence-electron chi connectivity index (χ3n) is 2.42. The second kappa shape index (κ2) is 5.88. The molecule has 21 heavy (non-hydrogen) atoms. The number of carbonyl (C=O) groups is 1. The Morgan fingerprint density at radius 1 is 1.38 bits per heavy atom. The number of nitrogens with one attached hydrogen (secondary N) is 1. The molecule has 0 saturated carbocycles. The first kappa shape index (κ1) is 15.5. The van der Waals surface area contributed by atoms with Gasteiger partial charge in [0.2, 0.25) is 11.1 Å². The van der Waals surface area contributed by atoms with E-state index in [1.54, 1.807) is 5.32 Å². The molecule has 0 aromatic carbocycles. The van der Waals surface area contributed by atoms with Crippen LogP contribution in [0.2, 0.25) is 0 Å². The van der Waals surface area contributed by atoms with E-state index < -0.39 is 18.6 Å². The van der Waals surface area contributed by atoms with Crippen LogP contribution in [0.15, 0.2) is 11.2 Å². The van der Waals surface area contributed by atoms with Gasteiger partial charge in [0.15, 0.2) is 0 Å². The van der Waals surface area contributed by atoms with Gasteiger partial charge in [-0.2, -0.15) is 18.2 Å². The topological polar surface area (TPSA) is 72.2 Å². The van der Waals surface area contributed by atoms with E-state index in [0.29, 0.717) is 10.9 Å². The number of alkyl halides is 3. The van der Waals surface area contributed by atoms with E-state index in [9.17, 15) is 18.0 Å². The molecular weight excluding hydrogens is 307 g/mol. The fourth-order valence-electron chi connectivity index (χ4n) is 1.59. The van der Waals surface area contributed by atoms with Gasteiger partial charge in [0.25, 0.3) is 5.78 Å². The summed E-state index contributed by atoms with van der Waals surface area (Å²) in [4.78, 5) is 19.6. The number of thioether (sulfide) groups is 1. The van der Waals surface area contributed by atoms with Crippen LogP contribution in [-0.4, -0.2) is 44.0 Å². The zero-order chi connectivity index (χ0) is 15.6. The van der Waals surface area contributed by atoms with E-state index in [-0.39, 0.29) is 5.75 Å². The van der Waals surface area contributed by atoms with Gasteiger partial charge in [0.1, 0.15) is 6.54 Å². The van der Waals surface area contributed by atoms with Gasteiger partial charge in [-0.3, -0.25) is 4.79 Å². The zero-order valence-corrected chi connectivity index (χ0v) is 12.0. The predicted molar refractivity (Wildman–Crippen MR) is 70.0 cm³/mol. The number of amides is 1. The lowest BCUT2D eigenvalue weighted by atomic mass is 10.4. The molecule has 2 heterocycles. The molecule has 114 valence electrons. The molecule has 0 unspecified atom stereocenters. The molecule has 0 aliphatic heterocycles. The highest BCUT2D eigenvalue weighted by Gasteiger charge is 2.27. The van der Waals surface area contributed by atoms with Crippen LogP contribution in [0.1, 0.15) is 11.4 Å². The fourth-order valence-corrected chi connectivity index (χ4v) is 2.24. The predicted octanol–water partition coefficient (Wildman–Crippen LogP) is 1.51. The zero-order valence-electron chi connectivity index (χ0n) is 11.2. The summed E-state index contributed by atoms with van der Waals surface area (Å²) in [5, 5.41) is 6.21. The Morgan fingerprint density at radius 3 is 2.76 bits per heavy atom. The van der Waals surface area contributed by atoms with E-state index in [4.69, 9.17) is 0 Å². The number of fused-ring (bicyclic) bond motifs is 1. The summed E-state index contributed by atoms with van der Waals surface area (Å²) in [6.07, 6.45) is -4.42. The number of hydrogen-bond donors (Lipinski definition) is 1. The lowest BCUT2D eigenvalue weighted by molar-refractivity contribution is -0.136. The van der Waals surface area contributed by atoms with Crippen molar-refractivity contribution in [1.29, 1.82) is 0 Å². The van der Waals surface area contributed by atoms with Gasteiger partial charge in [-0.15, -0.1) is 5.10 Å². The van der Waals surface area contributed by atoms with Gasteiger partial charge in [-0.05, 0) is 19.9 Å². The van der Waals surface area contributed by atoms with Gasteiger partial charge in [0.05, 0.1) is 5.75 Å². The summed E-state index contributed by atoms with van der Waals surface area (Å²) in [5.74, 6) is -0.520. The molecule has 10 heteroatoms. The number of aromatic nitrogens is 4. The molecule has 0 bridgehead atoms. The molecule has 0 fully saturated rings. The lowest BCUT2D eigenvalue weighted by Gasteiger charge is -2.07. The highest BCUT2D eigenvalue weighted by molar-refractivity contribution is 7.99. The Balaban J connectivity index is 1.98. The standard InChI is InChI=1S/C11H12F3N5OS/c1-6-3-7(2)19-9(16-6)17-10(18-19)21-4-8(20)15-5-11(12,13)14/h3H,4-5H2,1-2H3,(H,15,20). The van der Waals surface area contributed by atoms with Crippen molar-refractivity contribution in [3.8, 4) is 0 Å². The minimum absolute atomic E-state index is 0.189. The third-order valence-corrected chi connectivity index (χ3v) is 3.25. The molecule has 6 nitrogen and oxygen atoms in total. The summed E-state index contributed by atoms with van der Waals surface area (Å²) in [5.41, 5.74) is 1.62. The van der Waals surface area contributed by atoms with Crippen molar-refractivity contribution in [1.82, 2.24) is 24.9 Å². The van der Waals surface area contributed by atoms with Crippen LogP contribution in [0.4, 0.5) is 13.2 Å².